The Morgan fingerprint density at radius 1 is 1.55 bits per heavy atom. The monoisotopic (exact) mass is 282 g/mol. The van der Waals surface area contributed by atoms with Gasteiger partial charge in [-0.05, 0) is 20.8 Å². The highest BCUT2D eigenvalue weighted by Gasteiger charge is 2.33. The van der Waals surface area contributed by atoms with Crippen LogP contribution in [0.15, 0.2) is 6.07 Å². The summed E-state index contributed by atoms with van der Waals surface area (Å²) in [5, 5.41) is 4.33. The van der Waals surface area contributed by atoms with Crippen LogP contribution in [0.4, 0.5) is 10.6 Å². The van der Waals surface area contributed by atoms with Crippen LogP contribution in [0.5, 0.6) is 0 Å². The first-order chi connectivity index (χ1) is 9.28. The van der Waals surface area contributed by atoms with Gasteiger partial charge in [0.05, 0.1) is 18.9 Å². The zero-order chi connectivity index (χ0) is 14.9. The van der Waals surface area contributed by atoms with Gasteiger partial charge < -0.3 is 15.2 Å². The van der Waals surface area contributed by atoms with Crippen LogP contribution in [-0.4, -0.2) is 46.1 Å². The third-order valence-electron chi connectivity index (χ3n) is 3.03. The molecule has 1 fully saturated rings. The van der Waals surface area contributed by atoms with Gasteiger partial charge in [-0.2, -0.15) is 5.10 Å². The van der Waals surface area contributed by atoms with Crippen LogP contribution in [0.2, 0.25) is 0 Å². The second-order valence-electron chi connectivity index (χ2n) is 5.88. The number of morpholine rings is 1. The maximum Gasteiger partial charge on any atom is 0.411 e. The van der Waals surface area contributed by atoms with Crippen LogP contribution in [0.3, 0.4) is 0 Å². The van der Waals surface area contributed by atoms with Crippen LogP contribution in [0, 0.1) is 0 Å². The summed E-state index contributed by atoms with van der Waals surface area (Å²) in [7, 11) is 1.76. The average molecular weight is 282 g/mol. The standard InChI is InChI=1S/C13H22N4O3/c1-13(2,3)20-12(18)17-5-6-19-8-10(17)9-7-11(14)16(4)15-9/h7,10H,5-6,8,14H2,1-4H3. The first kappa shape index (κ1) is 14.6. The summed E-state index contributed by atoms with van der Waals surface area (Å²) in [5.74, 6) is 0.551. The second kappa shape index (κ2) is 5.32. The summed E-state index contributed by atoms with van der Waals surface area (Å²) in [5.41, 5.74) is 5.99. The molecule has 7 nitrogen and oxygen atoms in total. The number of carbonyl (C=O) groups excluding carboxylic acids is 1. The highest BCUT2D eigenvalue weighted by atomic mass is 16.6. The Kier molecular flexibility index (Phi) is 3.89. The van der Waals surface area contributed by atoms with Crippen molar-refractivity contribution in [3.63, 3.8) is 0 Å². The zero-order valence-electron chi connectivity index (χ0n) is 12.4. The van der Waals surface area contributed by atoms with Crippen LogP contribution in [0.25, 0.3) is 0 Å². The van der Waals surface area contributed by atoms with Crippen LogP contribution < -0.4 is 5.73 Å². The maximum atomic E-state index is 12.3. The lowest BCUT2D eigenvalue weighted by Gasteiger charge is -2.35. The third-order valence-corrected chi connectivity index (χ3v) is 3.03. The van der Waals surface area contributed by atoms with Gasteiger partial charge in [0.2, 0.25) is 0 Å². The van der Waals surface area contributed by atoms with E-state index < -0.39 is 5.60 Å². The fourth-order valence-electron chi connectivity index (χ4n) is 2.06. The molecule has 1 aromatic heterocycles. The van der Waals surface area contributed by atoms with Crippen molar-refractivity contribution in [2.24, 2.45) is 7.05 Å². The molecule has 1 atom stereocenters. The lowest BCUT2D eigenvalue weighted by molar-refractivity contribution is -0.0341. The molecule has 7 heteroatoms. The minimum atomic E-state index is -0.525. The molecule has 1 amide bonds. The molecule has 112 valence electrons. The summed E-state index contributed by atoms with van der Waals surface area (Å²) >= 11 is 0. The predicted molar refractivity (Wildman–Crippen MR) is 74.1 cm³/mol. The van der Waals surface area contributed by atoms with E-state index in [9.17, 15) is 4.79 Å². The van der Waals surface area contributed by atoms with E-state index in [1.807, 2.05) is 20.8 Å². The number of rotatable bonds is 1. The molecule has 0 saturated carbocycles. The predicted octanol–water partition coefficient (Wildman–Crippen LogP) is 1.31. The number of nitrogen functional groups attached to an aromatic ring is 1. The van der Waals surface area contributed by atoms with Crippen molar-refractivity contribution in [2.75, 3.05) is 25.5 Å². The van der Waals surface area contributed by atoms with Gasteiger partial charge >= 0.3 is 6.09 Å². The lowest BCUT2D eigenvalue weighted by Crippen LogP contribution is -2.45. The number of hydrogen-bond acceptors (Lipinski definition) is 5. The van der Waals surface area contributed by atoms with E-state index in [0.29, 0.717) is 25.6 Å². The largest absolute Gasteiger partial charge is 0.444 e. The van der Waals surface area contributed by atoms with E-state index >= 15 is 0 Å². The number of aromatic nitrogens is 2. The Morgan fingerprint density at radius 2 is 2.25 bits per heavy atom. The van der Waals surface area contributed by atoms with Gasteiger partial charge in [0.1, 0.15) is 17.5 Å². The van der Waals surface area contributed by atoms with E-state index in [4.69, 9.17) is 15.2 Å². The number of ether oxygens (including phenoxy) is 2. The Balaban J connectivity index is 2.19. The smallest absolute Gasteiger partial charge is 0.411 e. The molecule has 2 N–H and O–H groups in total. The lowest BCUT2D eigenvalue weighted by atomic mass is 10.1. The molecule has 1 aromatic rings. The minimum absolute atomic E-state index is 0.262. The van der Waals surface area contributed by atoms with Crippen LogP contribution >= 0.6 is 0 Å². The quantitative estimate of drug-likeness (QED) is 0.839. The molecule has 0 radical (unpaired) electrons. The second-order valence-corrected chi connectivity index (χ2v) is 5.88. The molecule has 20 heavy (non-hydrogen) atoms. The van der Waals surface area contributed by atoms with Crippen LogP contribution in [0.1, 0.15) is 32.5 Å². The minimum Gasteiger partial charge on any atom is -0.444 e. The number of hydrogen-bond donors (Lipinski definition) is 1. The molecule has 1 saturated heterocycles. The first-order valence-electron chi connectivity index (χ1n) is 6.65. The van der Waals surface area contributed by atoms with Crippen LogP contribution in [-0.2, 0) is 16.5 Å². The average Bonchev–Trinajstić information content (AvgIpc) is 2.67. The Hall–Kier alpha value is -1.76. The summed E-state index contributed by atoms with van der Waals surface area (Å²) in [4.78, 5) is 13.9. The van der Waals surface area contributed by atoms with Crippen molar-refractivity contribution in [3.8, 4) is 0 Å². The zero-order valence-corrected chi connectivity index (χ0v) is 12.4. The van der Waals surface area contributed by atoms with Crippen molar-refractivity contribution < 1.29 is 14.3 Å². The molecule has 0 aromatic carbocycles. The van der Waals surface area contributed by atoms with Gasteiger partial charge in [0.15, 0.2) is 0 Å². The third kappa shape index (κ3) is 3.22. The molecule has 1 aliphatic heterocycles. The van der Waals surface area contributed by atoms with Crippen molar-refractivity contribution in [3.05, 3.63) is 11.8 Å². The van der Waals surface area contributed by atoms with Gasteiger partial charge in [0, 0.05) is 19.7 Å². The topological polar surface area (TPSA) is 82.6 Å². The number of aryl methyl sites for hydroxylation is 1. The summed E-state index contributed by atoms with van der Waals surface area (Å²) in [6.45, 7) is 6.92. The van der Waals surface area contributed by atoms with Gasteiger partial charge in [-0.1, -0.05) is 0 Å². The number of nitrogens with zero attached hydrogens (tertiary/aromatic N) is 3. The Bertz CT molecular complexity index is 473. The van der Waals surface area contributed by atoms with Crippen molar-refractivity contribution >= 4 is 11.9 Å². The molecule has 0 aliphatic carbocycles. The van der Waals surface area contributed by atoms with Crippen molar-refractivity contribution in [1.82, 2.24) is 14.7 Å². The van der Waals surface area contributed by atoms with Crippen molar-refractivity contribution in [2.45, 2.75) is 32.4 Å². The molecule has 2 heterocycles. The van der Waals surface area contributed by atoms with E-state index in [-0.39, 0.29) is 12.1 Å². The Labute approximate surface area is 118 Å². The van der Waals surface area contributed by atoms with E-state index in [1.54, 1.807) is 22.7 Å². The molecular weight excluding hydrogens is 260 g/mol. The highest BCUT2D eigenvalue weighted by Crippen LogP contribution is 2.26. The summed E-state index contributed by atoms with van der Waals surface area (Å²) < 4.78 is 12.5. The SMILES string of the molecule is Cn1nc(C2COCCN2C(=O)OC(C)(C)C)cc1N. The van der Waals surface area contributed by atoms with Gasteiger partial charge in [-0.15, -0.1) is 0 Å². The summed E-state index contributed by atoms with van der Waals surface area (Å²) in [6.07, 6.45) is -0.352. The van der Waals surface area contributed by atoms with Gasteiger partial charge in [0.25, 0.3) is 0 Å². The number of nitrogens with two attached hydrogens (primary N) is 1. The molecular formula is C13H22N4O3. The molecule has 1 aliphatic rings. The highest BCUT2D eigenvalue weighted by molar-refractivity contribution is 5.69. The normalized spacial score (nSPS) is 20.0. The van der Waals surface area contributed by atoms with Gasteiger partial charge in [-0.3, -0.25) is 9.58 Å². The Morgan fingerprint density at radius 3 is 2.80 bits per heavy atom. The maximum absolute atomic E-state index is 12.3. The number of carbonyl (C=O) groups is 1. The molecule has 0 spiro atoms. The van der Waals surface area contributed by atoms with Crippen molar-refractivity contribution in [1.29, 1.82) is 0 Å². The number of anilines is 1. The first-order valence-corrected chi connectivity index (χ1v) is 6.65. The van der Waals surface area contributed by atoms with E-state index in [1.165, 1.54) is 0 Å². The molecule has 1 unspecified atom stereocenters. The fraction of sp³-hybridized carbons (Fsp3) is 0.692. The fourth-order valence-corrected chi connectivity index (χ4v) is 2.06. The molecule has 2 rings (SSSR count). The van der Waals surface area contributed by atoms with E-state index in [2.05, 4.69) is 5.10 Å². The molecule has 0 bridgehead atoms. The number of amides is 1. The summed E-state index contributed by atoms with van der Waals surface area (Å²) in [6, 6.07) is 1.50. The van der Waals surface area contributed by atoms with Gasteiger partial charge in [-0.25, -0.2) is 4.79 Å². The van der Waals surface area contributed by atoms with E-state index in [0.717, 1.165) is 5.69 Å².